The Hall–Kier alpha value is -0.610. The molecule has 0 aromatic carbocycles. The molecular weight excluding hydrogens is 166 g/mol. The number of piperazine rings is 1. The minimum atomic E-state index is 0.229. The number of nitrogens with zero attached hydrogens (tertiary/aromatic N) is 2. The first-order chi connectivity index (χ1) is 6.06. The monoisotopic (exact) mass is 185 g/mol. The third kappa shape index (κ3) is 2.19. The highest BCUT2D eigenvalue weighted by Crippen LogP contribution is 2.12. The van der Waals surface area contributed by atoms with Crippen LogP contribution in [0, 0.1) is 0 Å². The first-order valence-corrected chi connectivity index (χ1v) is 4.87. The van der Waals surface area contributed by atoms with Crippen LogP contribution in [0.3, 0.4) is 0 Å². The van der Waals surface area contributed by atoms with Crippen molar-refractivity contribution in [2.75, 3.05) is 13.1 Å². The van der Waals surface area contributed by atoms with Crippen molar-refractivity contribution in [3.63, 3.8) is 0 Å². The van der Waals surface area contributed by atoms with Crippen molar-refractivity contribution in [2.24, 2.45) is 5.84 Å². The van der Waals surface area contributed by atoms with Crippen molar-refractivity contribution in [1.29, 1.82) is 0 Å². The summed E-state index contributed by atoms with van der Waals surface area (Å²) in [6.07, 6.45) is 0.587. The molecule has 1 aliphatic rings. The van der Waals surface area contributed by atoms with Crippen molar-refractivity contribution < 1.29 is 4.79 Å². The second-order valence-corrected chi connectivity index (χ2v) is 3.80. The molecule has 0 aromatic rings. The molecule has 0 bridgehead atoms. The summed E-state index contributed by atoms with van der Waals surface area (Å²) in [6.45, 7) is 7.50. The quantitative estimate of drug-likeness (QED) is 0.593. The summed E-state index contributed by atoms with van der Waals surface area (Å²) in [5.74, 6) is 6.05. The van der Waals surface area contributed by atoms with Gasteiger partial charge in [-0.2, -0.15) is 0 Å². The molecule has 0 spiro atoms. The first-order valence-electron chi connectivity index (χ1n) is 4.87. The fraction of sp³-hybridized carbons (Fsp3) is 0.889. The van der Waals surface area contributed by atoms with Gasteiger partial charge in [0, 0.05) is 31.6 Å². The molecule has 0 aliphatic carbocycles. The molecular formula is C9H19N3O. The zero-order valence-electron chi connectivity index (χ0n) is 8.66. The summed E-state index contributed by atoms with van der Waals surface area (Å²) in [5, 5.41) is 1.83. The van der Waals surface area contributed by atoms with Crippen molar-refractivity contribution in [1.82, 2.24) is 9.91 Å². The molecule has 2 atom stereocenters. The van der Waals surface area contributed by atoms with Gasteiger partial charge >= 0.3 is 0 Å². The first kappa shape index (κ1) is 10.5. The van der Waals surface area contributed by atoms with E-state index in [2.05, 4.69) is 0 Å². The van der Waals surface area contributed by atoms with Crippen LogP contribution in [-0.2, 0) is 4.79 Å². The van der Waals surface area contributed by atoms with Crippen LogP contribution in [0.15, 0.2) is 0 Å². The van der Waals surface area contributed by atoms with Gasteiger partial charge in [0.15, 0.2) is 0 Å². The van der Waals surface area contributed by atoms with Gasteiger partial charge in [-0.1, -0.05) is 6.92 Å². The minimum absolute atomic E-state index is 0.229. The number of amides is 1. The fourth-order valence-electron chi connectivity index (χ4n) is 1.76. The maximum Gasteiger partial charge on any atom is 0.222 e. The van der Waals surface area contributed by atoms with Crippen LogP contribution in [0.5, 0.6) is 0 Å². The van der Waals surface area contributed by atoms with E-state index in [1.54, 1.807) is 0 Å². The molecule has 1 amide bonds. The standard InChI is InChI=1S/C9H19N3O/c1-4-9(13)11-5-7(2)12(10)8(3)6-11/h7-8H,4-6,10H2,1-3H3/t7-,8-/m0/s1. The molecule has 1 saturated heterocycles. The number of carbonyl (C=O) groups excluding carboxylic acids is 1. The summed E-state index contributed by atoms with van der Waals surface area (Å²) in [4.78, 5) is 13.3. The van der Waals surface area contributed by atoms with E-state index in [1.165, 1.54) is 0 Å². The third-order valence-corrected chi connectivity index (χ3v) is 2.64. The minimum Gasteiger partial charge on any atom is -0.339 e. The number of hydrazine groups is 1. The lowest BCUT2D eigenvalue weighted by Gasteiger charge is -2.41. The molecule has 76 valence electrons. The average Bonchev–Trinajstić information content (AvgIpc) is 2.12. The van der Waals surface area contributed by atoms with E-state index in [-0.39, 0.29) is 18.0 Å². The molecule has 0 saturated carbocycles. The van der Waals surface area contributed by atoms with Crippen molar-refractivity contribution in [2.45, 2.75) is 39.3 Å². The normalized spacial score (nSPS) is 30.6. The van der Waals surface area contributed by atoms with Crippen LogP contribution >= 0.6 is 0 Å². The lowest BCUT2D eigenvalue weighted by atomic mass is 10.1. The van der Waals surface area contributed by atoms with Gasteiger partial charge in [0.1, 0.15) is 0 Å². The Morgan fingerprint density at radius 1 is 1.38 bits per heavy atom. The van der Waals surface area contributed by atoms with E-state index >= 15 is 0 Å². The summed E-state index contributed by atoms with van der Waals surface area (Å²) in [5.41, 5.74) is 0. The maximum atomic E-state index is 11.4. The maximum absolute atomic E-state index is 11.4. The lowest BCUT2D eigenvalue weighted by Crippen LogP contribution is -2.60. The summed E-state index contributed by atoms with van der Waals surface area (Å²) in [7, 11) is 0. The zero-order valence-corrected chi connectivity index (χ0v) is 8.66. The Morgan fingerprint density at radius 2 is 1.85 bits per heavy atom. The Kier molecular flexibility index (Phi) is 3.27. The van der Waals surface area contributed by atoms with Gasteiger partial charge in [0.25, 0.3) is 0 Å². The molecule has 0 unspecified atom stereocenters. The van der Waals surface area contributed by atoms with E-state index in [0.29, 0.717) is 6.42 Å². The highest BCUT2D eigenvalue weighted by Gasteiger charge is 2.28. The molecule has 1 heterocycles. The molecule has 4 heteroatoms. The topological polar surface area (TPSA) is 49.6 Å². The SMILES string of the molecule is CCC(=O)N1C[C@H](C)N(N)[C@@H](C)C1. The van der Waals surface area contributed by atoms with E-state index in [4.69, 9.17) is 5.84 Å². The van der Waals surface area contributed by atoms with Crippen LogP contribution in [0.2, 0.25) is 0 Å². The van der Waals surface area contributed by atoms with Crippen LogP contribution < -0.4 is 5.84 Å². The summed E-state index contributed by atoms with van der Waals surface area (Å²) < 4.78 is 0. The van der Waals surface area contributed by atoms with Gasteiger partial charge in [0.05, 0.1) is 0 Å². The molecule has 0 radical (unpaired) electrons. The van der Waals surface area contributed by atoms with E-state index in [1.807, 2.05) is 30.7 Å². The number of rotatable bonds is 1. The molecule has 1 aliphatic heterocycles. The van der Waals surface area contributed by atoms with Crippen molar-refractivity contribution >= 4 is 5.91 Å². The molecule has 13 heavy (non-hydrogen) atoms. The molecule has 1 rings (SSSR count). The van der Waals surface area contributed by atoms with Crippen LogP contribution in [-0.4, -0.2) is 41.0 Å². The third-order valence-electron chi connectivity index (χ3n) is 2.64. The number of hydrogen-bond acceptors (Lipinski definition) is 3. The van der Waals surface area contributed by atoms with E-state index in [0.717, 1.165) is 13.1 Å². The van der Waals surface area contributed by atoms with Crippen molar-refractivity contribution in [3.05, 3.63) is 0 Å². The molecule has 0 aromatic heterocycles. The molecule has 1 fully saturated rings. The highest BCUT2D eigenvalue weighted by molar-refractivity contribution is 5.76. The van der Waals surface area contributed by atoms with Gasteiger partial charge in [-0.25, -0.2) is 5.01 Å². The van der Waals surface area contributed by atoms with Gasteiger partial charge in [-0.15, -0.1) is 0 Å². The Bertz CT molecular complexity index is 183. The smallest absolute Gasteiger partial charge is 0.222 e. The number of hydrogen-bond donors (Lipinski definition) is 1. The van der Waals surface area contributed by atoms with Crippen molar-refractivity contribution in [3.8, 4) is 0 Å². The van der Waals surface area contributed by atoms with Gasteiger partial charge in [-0.3, -0.25) is 10.6 Å². The Morgan fingerprint density at radius 3 is 2.23 bits per heavy atom. The average molecular weight is 185 g/mol. The predicted octanol–water partition coefficient (Wildman–Crippen LogP) is 0.191. The van der Waals surface area contributed by atoms with Gasteiger partial charge in [0.2, 0.25) is 5.91 Å². The fourth-order valence-corrected chi connectivity index (χ4v) is 1.76. The molecule has 2 N–H and O–H groups in total. The second kappa shape index (κ2) is 4.07. The van der Waals surface area contributed by atoms with Gasteiger partial charge < -0.3 is 4.90 Å². The molecule has 4 nitrogen and oxygen atoms in total. The largest absolute Gasteiger partial charge is 0.339 e. The van der Waals surface area contributed by atoms with E-state index in [9.17, 15) is 4.79 Å². The van der Waals surface area contributed by atoms with Crippen LogP contribution in [0.4, 0.5) is 0 Å². The predicted molar refractivity (Wildman–Crippen MR) is 51.8 cm³/mol. The van der Waals surface area contributed by atoms with E-state index < -0.39 is 0 Å². The Balaban J connectivity index is 2.58. The number of nitrogens with two attached hydrogens (primary N) is 1. The van der Waals surface area contributed by atoms with Crippen LogP contribution in [0.1, 0.15) is 27.2 Å². The summed E-state index contributed by atoms with van der Waals surface area (Å²) >= 11 is 0. The highest BCUT2D eigenvalue weighted by atomic mass is 16.2. The zero-order chi connectivity index (χ0) is 10.0. The Labute approximate surface area is 79.6 Å². The van der Waals surface area contributed by atoms with Gasteiger partial charge in [-0.05, 0) is 13.8 Å². The lowest BCUT2D eigenvalue weighted by molar-refractivity contribution is -0.135. The number of carbonyl (C=O) groups is 1. The van der Waals surface area contributed by atoms with Crippen LogP contribution in [0.25, 0.3) is 0 Å². The summed E-state index contributed by atoms with van der Waals surface area (Å²) in [6, 6.07) is 0.526. The second-order valence-electron chi connectivity index (χ2n) is 3.80.